The van der Waals surface area contributed by atoms with Crippen LogP contribution in [-0.2, 0) is 9.53 Å². The average Bonchev–Trinajstić information content (AvgIpc) is 2.50. The standard InChI is InChI=1S/C11H21NO2S.H2/c1-7(2)14-11(13)10-5-9(6-12-10)15-8(3)4;/h7-10,12H,5-6H2,1-4H3;1H. The van der Waals surface area contributed by atoms with Gasteiger partial charge >= 0.3 is 5.97 Å². The van der Waals surface area contributed by atoms with Crippen molar-refractivity contribution in [2.75, 3.05) is 6.54 Å². The molecule has 1 rings (SSSR count). The van der Waals surface area contributed by atoms with Crippen LogP contribution < -0.4 is 5.32 Å². The molecule has 0 aromatic heterocycles. The van der Waals surface area contributed by atoms with E-state index in [4.69, 9.17) is 4.74 Å². The summed E-state index contributed by atoms with van der Waals surface area (Å²) in [6.45, 7) is 9.05. The largest absolute Gasteiger partial charge is 0.462 e. The van der Waals surface area contributed by atoms with Crippen LogP contribution in [0.5, 0.6) is 0 Å². The predicted molar refractivity (Wildman–Crippen MR) is 66.3 cm³/mol. The summed E-state index contributed by atoms with van der Waals surface area (Å²) in [4.78, 5) is 11.6. The van der Waals surface area contributed by atoms with Gasteiger partial charge in [0.05, 0.1) is 6.10 Å². The van der Waals surface area contributed by atoms with Gasteiger partial charge in [-0.05, 0) is 25.5 Å². The molecule has 1 saturated heterocycles. The van der Waals surface area contributed by atoms with E-state index in [9.17, 15) is 4.79 Å². The number of hydrogen-bond acceptors (Lipinski definition) is 4. The van der Waals surface area contributed by atoms with Crippen molar-refractivity contribution >= 4 is 17.7 Å². The quantitative estimate of drug-likeness (QED) is 0.754. The highest BCUT2D eigenvalue weighted by Gasteiger charge is 2.31. The molecule has 1 heterocycles. The van der Waals surface area contributed by atoms with Crippen LogP contribution in [0.25, 0.3) is 0 Å². The number of esters is 1. The van der Waals surface area contributed by atoms with Gasteiger partial charge in [0.15, 0.2) is 0 Å². The lowest BCUT2D eigenvalue weighted by atomic mass is 10.2. The molecule has 0 amide bonds. The van der Waals surface area contributed by atoms with E-state index in [-0.39, 0.29) is 19.5 Å². The Morgan fingerprint density at radius 2 is 2.13 bits per heavy atom. The normalized spacial score (nSPS) is 26.3. The Balaban J connectivity index is 0.00000225. The molecule has 2 unspecified atom stereocenters. The number of carbonyl (C=O) groups is 1. The minimum absolute atomic E-state index is 0. The zero-order chi connectivity index (χ0) is 11.4. The molecule has 0 spiro atoms. The van der Waals surface area contributed by atoms with Crippen molar-refractivity contribution < 1.29 is 11.0 Å². The minimum Gasteiger partial charge on any atom is -0.462 e. The molecule has 15 heavy (non-hydrogen) atoms. The lowest BCUT2D eigenvalue weighted by Gasteiger charge is -2.13. The average molecular weight is 233 g/mol. The van der Waals surface area contributed by atoms with Crippen LogP contribution in [0.1, 0.15) is 35.5 Å². The Morgan fingerprint density at radius 3 is 2.67 bits per heavy atom. The first kappa shape index (κ1) is 12.8. The second kappa shape index (κ2) is 5.75. The third-order valence-electron chi connectivity index (χ3n) is 2.19. The van der Waals surface area contributed by atoms with E-state index in [1.54, 1.807) is 0 Å². The highest BCUT2D eigenvalue weighted by molar-refractivity contribution is 8.00. The molecule has 1 N–H and O–H groups in total. The number of rotatable bonds is 4. The van der Waals surface area contributed by atoms with Crippen molar-refractivity contribution in [1.29, 1.82) is 0 Å². The van der Waals surface area contributed by atoms with Gasteiger partial charge in [-0.3, -0.25) is 4.79 Å². The number of thioether (sulfide) groups is 1. The fourth-order valence-electron chi connectivity index (χ4n) is 1.69. The fraction of sp³-hybridized carbons (Fsp3) is 0.909. The molecule has 1 aliphatic rings. The first-order chi connectivity index (χ1) is 6.99. The molecular weight excluding hydrogens is 210 g/mol. The summed E-state index contributed by atoms with van der Waals surface area (Å²) >= 11 is 1.93. The van der Waals surface area contributed by atoms with Crippen molar-refractivity contribution in [2.24, 2.45) is 0 Å². The topological polar surface area (TPSA) is 38.3 Å². The molecule has 0 saturated carbocycles. The van der Waals surface area contributed by atoms with Gasteiger partial charge in [-0.1, -0.05) is 13.8 Å². The summed E-state index contributed by atoms with van der Waals surface area (Å²) < 4.78 is 5.18. The monoisotopic (exact) mass is 233 g/mol. The van der Waals surface area contributed by atoms with Crippen molar-refractivity contribution in [3.8, 4) is 0 Å². The summed E-state index contributed by atoms with van der Waals surface area (Å²) in [6, 6.07) is -0.0938. The third-order valence-corrected chi connectivity index (χ3v) is 3.48. The number of hydrogen-bond donors (Lipinski definition) is 1. The maximum absolute atomic E-state index is 11.6. The van der Waals surface area contributed by atoms with Crippen LogP contribution in [0.2, 0.25) is 0 Å². The van der Waals surface area contributed by atoms with Crippen LogP contribution in [0.15, 0.2) is 0 Å². The number of ether oxygens (including phenoxy) is 1. The van der Waals surface area contributed by atoms with E-state index in [2.05, 4.69) is 19.2 Å². The summed E-state index contributed by atoms with van der Waals surface area (Å²) in [7, 11) is 0. The summed E-state index contributed by atoms with van der Waals surface area (Å²) in [5.41, 5.74) is 0. The molecule has 1 aliphatic heterocycles. The van der Waals surface area contributed by atoms with Crippen LogP contribution in [-0.4, -0.2) is 35.2 Å². The maximum Gasteiger partial charge on any atom is 0.323 e. The second-order valence-corrected chi connectivity index (χ2v) is 6.37. The Hall–Kier alpha value is -0.220. The zero-order valence-electron chi connectivity index (χ0n) is 9.95. The lowest BCUT2D eigenvalue weighted by molar-refractivity contribution is -0.149. The number of nitrogens with one attached hydrogen (secondary N) is 1. The molecule has 0 aromatic carbocycles. The van der Waals surface area contributed by atoms with E-state index >= 15 is 0 Å². The highest BCUT2D eigenvalue weighted by atomic mass is 32.2. The van der Waals surface area contributed by atoms with Crippen molar-refractivity contribution in [1.82, 2.24) is 5.32 Å². The molecule has 90 valence electrons. The van der Waals surface area contributed by atoms with Crippen molar-refractivity contribution in [3.63, 3.8) is 0 Å². The smallest absolute Gasteiger partial charge is 0.323 e. The third kappa shape index (κ3) is 4.43. The Morgan fingerprint density at radius 1 is 1.47 bits per heavy atom. The molecule has 0 radical (unpaired) electrons. The van der Waals surface area contributed by atoms with Crippen molar-refractivity contribution in [3.05, 3.63) is 0 Å². The molecular formula is C11H23NO2S. The van der Waals surface area contributed by atoms with Gasteiger partial charge < -0.3 is 10.1 Å². The van der Waals surface area contributed by atoms with Gasteiger partial charge in [0, 0.05) is 13.2 Å². The SMILES string of the molecule is CC(C)OC(=O)C1CC(SC(C)C)CN1.[HH]. The molecule has 1 fully saturated rings. The highest BCUT2D eigenvalue weighted by Crippen LogP contribution is 2.25. The first-order valence-electron chi connectivity index (χ1n) is 5.58. The van der Waals surface area contributed by atoms with Crippen LogP contribution >= 0.6 is 11.8 Å². The Bertz CT molecular complexity index is 224. The molecule has 4 heteroatoms. The van der Waals surface area contributed by atoms with E-state index in [0.29, 0.717) is 10.5 Å². The van der Waals surface area contributed by atoms with E-state index in [1.165, 1.54) is 0 Å². The summed E-state index contributed by atoms with van der Waals surface area (Å²) in [6.07, 6.45) is 0.880. The van der Waals surface area contributed by atoms with Gasteiger partial charge in [0.2, 0.25) is 0 Å². The van der Waals surface area contributed by atoms with E-state index < -0.39 is 0 Å². The Labute approximate surface area is 97.8 Å². The zero-order valence-corrected chi connectivity index (χ0v) is 10.8. The van der Waals surface area contributed by atoms with E-state index in [0.717, 1.165) is 13.0 Å². The fourth-order valence-corrected chi connectivity index (χ4v) is 2.95. The Kier molecular flexibility index (Phi) is 4.93. The van der Waals surface area contributed by atoms with Gasteiger partial charge in [-0.25, -0.2) is 0 Å². The molecule has 3 nitrogen and oxygen atoms in total. The van der Waals surface area contributed by atoms with E-state index in [1.807, 2.05) is 25.6 Å². The van der Waals surface area contributed by atoms with Gasteiger partial charge in [-0.2, -0.15) is 11.8 Å². The van der Waals surface area contributed by atoms with Crippen LogP contribution in [0.3, 0.4) is 0 Å². The molecule has 2 atom stereocenters. The molecule has 0 bridgehead atoms. The van der Waals surface area contributed by atoms with Gasteiger partial charge in [0.25, 0.3) is 0 Å². The predicted octanol–water partition coefficient (Wildman–Crippen LogP) is 2.06. The maximum atomic E-state index is 11.6. The number of carbonyl (C=O) groups excluding carboxylic acids is 1. The van der Waals surface area contributed by atoms with Gasteiger partial charge in [0.1, 0.15) is 6.04 Å². The summed E-state index contributed by atoms with van der Waals surface area (Å²) in [5.74, 6) is -0.100. The van der Waals surface area contributed by atoms with Crippen LogP contribution in [0, 0.1) is 0 Å². The summed E-state index contributed by atoms with van der Waals surface area (Å²) in [5, 5.41) is 4.39. The second-order valence-electron chi connectivity index (χ2n) is 4.49. The molecule has 0 aromatic rings. The minimum atomic E-state index is -0.100. The molecule has 0 aliphatic carbocycles. The first-order valence-corrected chi connectivity index (χ1v) is 6.52. The van der Waals surface area contributed by atoms with Crippen LogP contribution in [0.4, 0.5) is 0 Å². The lowest BCUT2D eigenvalue weighted by Crippen LogP contribution is -2.33. The van der Waals surface area contributed by atoms with Gasteiger partial charge in [-0.15, -0.1) is 0 Å². The van der Waals surface area contributed by atoms with Crippen molar-refractivity contribution in [2.45, 2.75) is 56.8 Å².